The first-order valence-electron chi connectivity index (χ1n) is 5.85. The second kappa shape index (κ2) is 6.51. The molecule has 1 aromatic rings. The van der Waals surface area contributed by atoms with Crippen molar-refractivity contribution in [1.82, 2.24) is 4.90 Å². The summed E-state index contributed by atoms with van der Waals surface area (Å²) in [6, 6.07) is 8.73. The van der Waals surface area contributed by atoms with E-state index in [0.29, 0.717) is 0 Å². The van der Waals surface area contributed by atoms with E-state index < -0.39 is 0 Å². The third-order valence-electron chi connectivity index (χ3n) is 2.52. The van der Waals surface area contributed by atoms with Gasteiger partial charge < -0.3 is 16.0 Å². The van der Waals surface area contributed by atoms with Crippen LogP contribution in [0.25, 0.3) is 0 Å². The van der Waals surface area contributed by atoms with Gasteiger partial charge in [0.1, 0.15) is 0 Å². The van der Waals surface area contributed by atoms with Gasteiger partial charge in [-0.3, -0.25) is 0 Å². The van der Waals surface area contributed by atoms with Gasteiger partial charge in [0.2, 0.25) is 0 Å². The molecule has 0 radical (unpaired) electrons. The van der Waals surface area contributed by atoms with E-state index in [0.717, 1.165) is 25.2 Å². The van der Waals surface area contributed by atoms with Crippen LogP contribution in [0.3, 0.4) is 0 Å². The molecule has 0 aliphatic rings. The molecule has 0 aliphatic carbocycles. The zero-order valence-corrected chi connectivity index (χ0v) is 10.5. The van der Waals surface area contributed by atoms with E-state index >= 15 is 0 Å². The molecule has 3 N–H and O–H groups in total. The molecule has 1 aromatic carbocycles. The molecule has 90 valence electrons. The summed E-state index contributed by atoms with van der Waals surface area (Å²) in [6.45, 7) is 3.91. The highest BCUT2D eigenvalue weighted by Gasteiger charge is 2.00. The molecule has 1 atom stereocenters. The monoisotopic (exact) mass is 221 g/mol. The van der Waals surface area contributed by atoms with Gasteiger partial charge >= 0.3 is 0 Å². The van der Waals surface area contributed by atoms with Gasteiger partial charge in [0.25, 0.3) is 0 Å². The molecule has 3 nitrogen and oxygen atoms in total. The maximum Gasteiger partial charge on any atom is 0.0343 e. The second-order valence-electron chi connectivity index (χ2n) is 4.49. The van der Waals surface area contributed by atoms with Crippen molar-refractivity contribution >= 4 is 5.69 Å². The Morgan fingerprint density at radius 1 is 1.38 bits per heavy atom. The van der Waals surface area contributed by atoms with Crippen LogP contribution in [0.4, 0.5) is 5.69 Å². The van der Waals surface area contributed by atoms with Crippen molar-refractivity contribution in [2.24, 2.45) is 5.73 Å². The predicted octanol–water partition coefficient (Wildman–Crippen LogP) is 1.90. The Bertz CT molecular complexity index is 310. The molecule has 1 rings (SSSR count). The highest BCUT2D eigenvalue weighted by molar-refractivity contribution is 5.45. The third kappa shape index (κ3) is 4.64. The van der Waals surface area contributed by atoms with E-state index in [1.54, 1.807) is 0 Å². The Hall–Kier alpha value is -1.06. The number of hydrogen-bond donors (Lipinski definition) is 2. The van der Waals surface area contributed by atoms with E-state index in [1.807, 2.05) is 0 Å². The van der Waals surface area contributed by atoms with Crippen molar-refractivity contribution in [3.05, 3.63) is 29.8 Å². The third-order valence-corrected chi connectivity index (χ3v) is 2.52. The molecule has 0 amide bonds. The van der Waals surface area contributed by atoms with Crippen LogP contribution >= 0.6 is 0 Å². The summed E-state index contributed by atoms with van der Waals surface area (Å²) < 4.78 is 0. The van der Waals surface area contributed by atoms with E-state index in [-0.39, 0.29) is 6.04 Å². The van der Waals surface area contributed by atoms with Crippen LogP contribution in [-0.4, -0.2) is 31.6 Å². The summed E-state index contributed by atoms with van der Waals surface area (Å²) in [5.74, 6) is 0. The van der Waals surface area contributed by atoms with Gasteiger partial charge in [-0.05, 0) is 38.2 Å². The molecule has 16 heavy (non-hydrogen) atoms. The largest absolute Gasteiger partial charge is 0.383 e. The molecule has 0 saturated carbocycles. The Kier molecular flexibility index (Phi) is 5.29. The van der Waals surface area contributed by atoms with Crippen LogP contribution in [-0.2, 0) is 6.54 Å². The fraction of sp³-hybridized carbons (Fsp3) is 0.538. The highest BCUT2D eigenvalue weighted by atomic mass is 15.0. The van der Waals surface area contributed by atoms with Crippen molar-refractivity contribution < 1.29 is 0 Å². The molecule has 1 unspecified atom stereocenters. The number of anilines is 1. The Morgan fingerprint density at radius 3 is 2.75 bits per heavy atom. The second-order valence-corrected chi connectivity index (χ2v) is 4.49. The average Bonchev–Trinajstić information content (AvgIpc) is 2.25. The van der Waals surface area contributed by atoms with Gasteiger partial charge in [-0.1, -0.05) is 19.1 Å². The number of nitrogens with two attached hydrogens (primary N) is 1. The number of nitrogens with zero attached hydrogens (tertiary/aromatic N) is 1. The lowest BCUT2D eigenvalue weighted by Gasteiger charge is -2.14. The maximum absolute atomic E-state index is 5.87. The van der Waals surface area contributed by atoms with Crippen LogP contribution in [0.15, 0.2) is 24.3 Å². The summed E-state index contributed by atoms with van der Waals surface area (Å²) in [6.07, 6.45) is 1.00. The summed E-state index contributed by atoms with van der Waals surface area (Å²) in [7, 11) is 4.15. The molecule has 3 heteroatoms. The summed E-state index contributed by atoms with van der Waals surface area (Å²) in [4.78, 5) is 2.16. The maximum atomic E-state index is 5.87. The van der Waals surface area contributed by atoms with Crippen LogP contribution in [0.5, 0.6) is 0 Å². The lowest BCUT2D eigenvalue weighted by Crippen LogP contribution is -2.28. The first-order chi connectivity index (χ1) is 7.61. The van der Waals surface area contributed by atoms with Crippen molar-refractivity contribution in [3.63, 3.8) is 0 Å². The number of rotatable bonds is 6. The number of hydrogen-bond acceptors (Lipinski definition) is 3. The van der Waals surface area contributed by atoms with Crippen LogP contribution < -0.4 is 11.1 Å². The lowest BCUT2D eigenvalue weighted by atomic mass is 10.2. The summed E-state index contributed by atoms with van der Waals surface area (Å²) in [5, 5.41) is 3.37. The smallest absolute Gasteiger partial charge is 0.0343 e. The van der Waals surface area contributed by atoms with Crippen LogP contribution in [0.2, 0.25) is 0 Å². The van der Waals surface area contributed by atoms with Gasteiger partial charge in [0, 0.05) is 24.8 Å². The molecule has 0 spiro atoms. The fourth-order valence-electron chi connectivity index (χ4n) is 1.54. The normalized spacial score (nSPS) is 12.8. The number of benzene rings is 1. The SMILES string of the molecule is CCC(N)CNc1cccc(CN(C)C)c1. The van der Waals surface area contributed by atoms with Gasteiger partial charge in [-0.25, -0.2) is 0 Å². The zero-order chi connectivity index (χ0) is 12.0. The molecular weight excluding hydrogens is 198 g/mol. The van der Waals surface area contributed by atoms with Crippen LogP contribution in [0, 0.1) is 0 Å². The molecular formula is C13H23N3. The Balaban J connectivity index is 2.53. The number of nitrogens with one attached hydrogen (secondary N) is 1. The Morgan fingerprint density at radius 2 is 2.12 bits per heavy atom. The molecule has 0 saturated heterocycles. The average molecular weight is 221 g/mol. The molecule has 0 aromatic heterocycles. The first-order valence-corrected chi connectivity index (χ1v) is 5.85. The lowest BCUT2D eigenvalue weighted by molar-refractivity contribution is 0.402. The summed E-state index contributed by atoms with van der Waals surface area (Å²) >= 11 is 0. The van der Waals surface area contributed by atoms with Crippen LogP contribution in [0.1, 0.15) is 18.9 Å². The van der Waals surface area contributed by atoms with Crippen molar-refractivity contribution in [2.45, 2.75) is 25.9 Å². The van der Waals surface area contributed by atoms with Gasteiger partial charge in [-0.2, -0.15) is 0 Å². The van der Waals surface area contributed by atoms with Gasteiger partial charge in [0.15, 0.2) is 0 Å². The minimum absolute atomic E-state index is 0.234. The first kappa shape index (κ1) is 13.0. The van der Waals surface area contributed by atoms with Crippen molar-refractivity contribution in [3.8, 4) is 0 Å². The van der Waals surface area contributed by atoms with E-state index in [1.165, 1.54) is 5.56 Å². The molecule has 0 heterocycles. The van der Waals surface area contributed by atoms with Gasteiger partial charge in [-0.15, -0.1) is 0 Å². The molecule has 0 fully saturated rings. The topological polar surface area (TPSA) is 41.3 Å². The van der Waals surface area contributed by atoms with E-state index in [9.17, 15) is 0 Å². The molecule has 0 aliphatic heterocycles. The van der Waals surface area contributed by atoms with E-state index in [2.05, 4.69) is 55.5 Å². The molecule has 0 bridgehead atoms. The Labute approximate surface area is 98.6 Å². The summed E-state index contributed by atoms with van der Waals surface area (Å²) in [5.41, 5.74) is 8.34. The zero-order valence-electron chi connectivity index (χ0n) is 10.5. The van der Waals surface area contributed by atoms with E-state index in [4.69, 9.17) is 5.73 Å². The minimum Gasteiger partial charge on any atom is -0.383 e. The highest BCUT2D eigenvalue weighted by Crippen LogP contribution is 2.11. The van der Waals surface area contributed by atoms with Crippen molar-refractivity contribution in [2.75, 3.05) is 26.0 Å². The minimum atomic E-state index is 0.234. The van der Waals surface area contributed by atoms with Crippen molar-refractivity contribution in [1.29, 1.82) is 0 Å². The standard InChI is InChI=1S/C13H23N3/c1-4-12(14)9-15-13-7-5-6-11(8-13)10-16(2)3/h5-8,12,15H,4,9-10,14H2,1-3H3. The predicted molar refractivity (Wildman–Crippen MR) is 70.6 cm³/mol. The van der Waals surface area contributed by atoms with Gasteiger partial charge in [0.05, 0.1) is 0 Å². The quantitative estimate of drug-likeness (QED) is 0.771. The fourth-order valence-corrected chi connectivity index (χ4v) is 1.54.